The van der Waals surface area contributed by atoms with Crippen molar-refractivity contribution in [1.82, 2.24) is 0 Å². The van der Waals surface area contributed by atoms with Crippen LogP contribution in [0.15, 0.2) is 30.3 Å². The van der Waals surface area contributed by atoms with Crippen LogP contribution in [0.4, 0.5) is 28.4 Å². The maximum atomic E-state index is 11.6. The van der Waals surface area contributed by atoms with Gasteiger partial charge in [0.05, 0.1) is 37.1 Å². The molecule has 0 aromatic heterocycles. The Morgan fingerprint density at radius 1 is 0.962 bits per heavy atom. The van der Waals surface area contributed by atoms with Crippen LogP contribution in [0.1, 0.15) is 10.4 Å². The van der Waals surface area contributed by atoms with Crippen LogP contribution in [0.25, 0.3) is 0 Å². The third-order valence-corrected chi connectivity index (χ3v) is 3.51. The van der Waals surface area contributed by atoms with Gasteiger partial charge < -0.3 is 11.1 Å². The second-order valence-electron chi connectivity index (χ2n) is 4.81. The molecule has 2 rings (SSSR count). The topological polar surface area (TPSA) is 185 Å². The molecule has 12 nitrogen and oxygen atoms in total. The van der Waals surface area contributed by atoms with E-state index in [1.165, 1.54) is 0 Å². The number of nitrogens with one attached hydrogen (secondary N) is 1. The second-order valence-corrected chi connectivity index (χ2v) is 5.22. The first-order chi connectivity index (χ1) is 12.1. The Morgan fingerprint density at radius 3 is 2.04 bits per heavy atom. The Bertz CT molecular complexity index is 927. The predicted octanol–water partition coefficient (Wildman–Crippen LogP) is 2.91. The van der Waals surface area contributed by atoms with Crippen LogP contribution in [-0.4, -0.2) is 20.7 Å². The van der Waals surface area contributed by atoms with E-state index in [4.69, 9.17) is 17.3 Å². The molecule has 3 N–H and O–H groups in total. The van der Waals surface area contributed by atoms with Crippen LogP contribution < -0.4 is 11.1 Å². The molecule has 0 atom stereocenters. The summed E-state index contributed by atoms with van der Waals surface area (Å²) in [4.78, 5) is 41.9. The maximum Gasteiger partial charge on any atom is 0.300 e. The van der Waals surface area contributed by atoms with Crippen molar-refractivity contribution in [3.05, 3.63) is 71.3 Å². The molecule has 0 saturated carbocycles. The number of carbonyl (C=O) groups is 1. The third kappa shape index (κ3) is 3.64. The minimum atomic E-state index is -1.16. The first kappa shape index (κ1) is 18.5. The van der Waals surface area contributed by atoms with E-state index in [0.29, 0.717) is 6.07 Å². The zero-order chi connectivity index (χ0) is 19.6. The van der Waals surface area contributed by atoms with E-state index in [1.54, 1.807) is 0 Å². The molecule has 0 bridgehead atoms. The minimum absolute atomic E-state index is 0.00304. The number of benzene rings is 2. The largest absolute Gasteiger partial charge is 0.366 e. The molecule has 0 saturated heterocycles. The number of nitrogens with zero attached hydrogens (tertiary/aromatic N) is 3. The van der Waals surface area contributed by atoms with Gasteiger partial charge in [0, 0.05) is 18.2 Å². The number of hydrogen-bond acceptors (Lipinski definition) is 8. The van der Waals surface area contributed by atoms with Crippen LogP contribution in [0, 0.1) is 30.3 Å². The summed E-state index contributed by atoms with van der Waals surface area (Å²) < 4.78 is 0. The molecule has 2 aromatic carbocycles. The van der Waals surface area contributed by atoms with Gasteiger partial charge in [0.2, 0.25) is 0 Å². The highest BCUT2D eigenvalue weighted by atomic mass is 35.5. The Morgan fingerprint density at radius 2 is 1.58 bits per heavy atom. The van der Waals surface area contributed by atoms with Gasteiger partial charge in [-0.15, -0.1) is 0 Å². The van der Waals surface area contributed by atoms with E-state index < -0.39 is 43.3 Å². The monoisotopic (exact) mass is 381 g/mol. The quantitative estimate of drug-likeness (QED) is 0.564. The number of non-ortho nitro benzene ring substituents is 2. The van der Waals surface area contributed by atoms with Crippen molar-refractivity contribution in [2.24, 2.45) is 5.73 Å². The fourth-order valence-electron chi connectivity index (χ4n) is 2.04. The fourth-order valence-corrected chi connectivity index (χ4v) is 2.26. The fraction of sp³-hybridized carbons (Fsp3) is 0. The number of anilines is 2. The van der Waals surface area contributed by atoms with Gasteiger partial charge in [-0.25, -0.2) is 0 Å². The summed E-state index contributed by atoms with van der Waals surface area (Å²) in [5.41, 5.74) is 2.40. The smallest absolute Gasteiger partial charge is 0.300 e. The average Bonchev–Trinajstić information content (AvgIpc) is 2.55. The lowest BCUT2D eigenvalue weighted by molar-refractivity contribution is -0.393. The van der Waals surface area contributed by atoms with Crippen molar-refractivity contribution in [3.63, 3.8) is 0 Å². The molecule has 26 heavy (non-hydrogen) atoms. The Hall–Kier alpha value is -3.80. The number of amides is 1. The predicted molar refractivity (Wildman–Crippen MR) is 89.7 cm³/mol. The van der Waals surface area contributed by atoms with Gasteiger partial charge in [-0.1, -0.05) is 11.6 Å². The number of rotatable bonds is 6. The normalized spacial score (nSPS) is 10.2. The van der Waals surface area contributed by atoms with E-state index >= 15 is 0 Å². The molecule has 0 aliphatic heterocycles. The number of carbonyl (C=O) groups excluding carboxylic acids is 1. The van der Waals surface area contributed by atoms with Crippen LogP contribution in [0.2, 0.25) is 5.02 Å². The molecule has 0 unspecified atom stereocenters. The lowest BCUT2D eigenvalue weighted by atomic mass is 10.1. The molecule has 0 radical (unpaired) electrons. The SMILES string of the molecule is NC(=O)c1cc([N+](=O)[O-])cc([N+](=O)[O-])c1Nc1ccc([N+](=O)[O-])cc1Cl. The van der Waals surface area contributed by atoms with Crippen molar-refractivity contribution < 1.29 is 19.6 Å². The zero-order valence-corrected chi connectivity index (χ0v) is 13.3. The summed E-state index contributed by atoms with van der Waals surface area (Å²) >= 11 is 5.91. The highest BCUT2D eigenvalue weighted by molar-refractivity contribution is 6.33. The standard InChI is InChI=1S/C13H8ClN5O7/c14-9-4-6(17(21)22)1-2-10(9)16-12-8(13(15)20)3-7(18(23)24)5-11(12)19(25)26/h1-5,16H,(H2,15,20). The number of hydrogen-bond donors (Lipinski definition) is 2. The summed E-state index contributed by atoms with van der Waals surface area (Å²) in [6.07, 6.45) is 0. The Kier molecular flexibility index (Phi) is 4.98. The van der Waals surface area contributed by atoms with Crippen molar-refractivity contribution in [1.29, 1.82) is 0 Å². The molecule has 0 aliphatic rings. The average molecular weight is 382 g/mol. The van der Waals surface area contributed by atoms with E-state index in [0.717, 1.165) is 24.3 Å². The highest BCUT2D eigenvalue weighted by Gasteiger charge is 2.27. The van der Waals surface area contributed by atoms with Crippen molar-refractivity contribution in [2.45, 2.75) is 0 Å². The molecular formula is C13H8ClN5O7. The molecule has 0 heterocycles. The second kappa shape index (κ2) is 6.98. The van der Waals surface area contributed by atoms with Crippen LogP contribution in [-0.2, 0) is 0 Å². The molecular weight excluding hydrogens is 374 g/mol. The van der Waals surface area contributed by atoms with E-state index in [9.17, 15) is 35.1 Å². The Labute approximate surface area is 148 Å². The summed E-state index contributed by atoms with van der Waals surface area (Å²) in [5.74, 6) is -1.16. The third-order valence-electron chi connectivity index (χ3n) is 3.20. The molecule has 0 spiro atoms. The van der Waals surface area contributed by atoms with Crippen molar-refractivity contribution >= 4 is 45.9 Å². The van der Waals surface area contributed by atoms with Gasteiger partial charge in [0.15, 0.2) is 0 Å². The van der Waals surface area contributed by atoms with Gasteiger partial charge >= 0.3 is 0 Å². The van der Waals surface area contributed by atoms with Crippen LogP contribution in [0.5, 0.6) is 0 Å². The van der Waals surface area contributed by atoms with Gasteiger partial charge in [-0.05, 0) is 6.07 Å². The summed E-state index contributed by atoms with van der Waals surface area (Å²) in [5, 5.41) is 35.2. The van der Waals surface area contributed by atoms with Gasteiger partial charge in [0.25, 0.3) is 23.0 Å². The molecule has 134 valence electrons. The number of nitro benzene ring substituents is 3. The molecule has 1 amide bonds. The molecule has 2 aromatic rings. The lowest BCUT2D eigenvalue weighted by Gasteiger charge is -2.12. The van der Waals surface area contributed by atoms with Crippen molar-refractivity contribution in [2.75, 3.05) is 5.32 Å². The van der Waals surface area contributed by atoms with Gasteiger partial charge in [0.1, 0.15) is 5.69 Å². The molecule has 13 heteroatoms. The van der Waals surface area contributed by atoms with Gasteiger partial charge in [-0.2, -0.15) is 0 Å². The maximum absolute atomic E-state index is 11.6. The Balaban J connectivity index is 2.65. The summed E-state index contributed by atoms with van der Waals surface area (Å²) in [6, 6.07) is 4.65. The summed E-state index contributed by atoms with van der Waals surface area (Å²) in [6.45, 7) is 0. The van der Waals surface area contributed by atoms with Crippen LogP contribution >= 0.6 is 11.6 Å². The zero-order valence-electron chi connectivity index (χ0n) is 12.5. The van der Waals surface area contributed by atoms with E-state index in [1.807, 2.05) is 0 Å². The van der Waals surface area contributed by atoms with Gasteiger partial charge in [-0.3, -0.25) is 35.1 Å². The van der Waals surface area contributed by atoms with E-state index in [-0.39, 0.29) is 16.4 Å². The minimum Gasteiger partial charge on any atom is -0.366 e. The van der Waals surface area contributed by atoms with E-state index in [2.05, 4.69) is 5.32 Å². The number of nitro groups is 3. The first-order valence-electron chi connectivity index (χ1n) is 6.59. The number of nitrogens with two attached hydrogens (primary N) is 1. The molecule has 0 aliphatic carbocycles. The van der Waals surface area contributed by atoms with Crippen LogP contribution in [0.3, 0.4) is 0 Å². The number of halogens is 1. The number of primary amides is 1. The first-order valence-corrected chi connectivity index (χ1v) is 6.97. The van der Waals surface area contributed by atoms with Crippen molar-refractivity contribution in [3.8, 4) is 0 Å². The lowest BCUT2D eigenvalue weighted by Crippen LogP contribution is -2.15. The molecule has 0 fully saturated rings. The highest BCUT2D eigenvalue weighted by Crippen LogP contribution is 2.37. The summed E-state index contributed by atoms with van der Waals surface area (Å²) in [7, 11) is 0.